The molecule has 1 nitrogen and oxygen atoms in total. The van der Waals surface area contributed by atoms with Crippen LogP contribution in [-0.2, 0) is 0 Å². The topological polar surface area (TPSA) is 12.0 Å². The van der Waals surface area contributed by atoms with Crippen LogP contribution >= 0.6 is 11.9 Å². The van der Waals surface area contributed by atoms with E-state index in [1.165, 1.54) is 25.7 Å². The summed E-state index contributed by atoms with van der Waals surface area (Å²) in [6.07, 6.45) is 5.73. The van der Waals surface area contributed by atoms with Crippen LogP contribution in [0.4, 0.5) is 0 Å². The van der Waals surface area contributed by atoms with Gasteiger partial charge in [0.25, 0.3) is 0 Å². The Morgan fingerprint density at radius 3 is 2.40 bits per heavy atom. The fraction of sp³-hybridized carbons (Fsp3) is 1.00. The van der Waals surface area contributed by atoms with Crippen LogP contribution in [0.5, 0.6) is 0 Å². The van der Waals surface area contributed by atoms with Gasteiger partial charge in [0.2, 0.25) is 0 Å². The van der Waals surface area contributed by atoms with Crippen LogP contribution < -0.4 is 4.72 Å². The molecule has 0 amide bonds. The number of nitrogens with one attached hydrogen (secondary N) is 1. The quantitative estimate of drug-likeness (QED) is 0.635. The van der Waals surface area contributed by atoms with Crippen molar-refractivity contribution in [2.75, 3.05) is 0 Å². The van der Waals surface area contributed by atoms with Crippen molar-refractivity contribution in [2.45, 2.75) is 50.8 Å². The molecule has 10 heavy (non-hydrogen) atoms. The van der Waals surface area contributed by atoms with Crippen LogP contribution in [0.15, 0.2) is 0 Å². The molecule has 0 spiro atoms. The van der Waals surface area contributed by atoms with Gasteiger partial charge in [-0.05, 0) is 26.7 Å². The zero-order chi connectivity index (χ0) is 7.40. The lowest BCUT2D eigenvalue weighted by molar-refractivity contribution is 0.760. The lowest BCUT2D eigenvalue weighted by atomic mass is 10.4. The number of hydrogen-bond acceptors (Lipinski definition) is 2. The maximum atomic E-state index is 3.40. The lowest BCUT2D eigenvalue weighted by Crippen LogP contribution is -2.17. The molecule has 60 valence electrons. The first kappa shape index (κ1) is 8.41. The second-order valence-corrected chi connectivity index (χ2v) is 4.43. The third kappa shape index (κ3) is 2.93. The fourth-order valence-corrected chi connectivity index (χ4v) is 2.27. The van der Waals surface area contributed by atoms with Crippen molar-refractivity contribution in [1.82, 2.24) is 4.72 Å². The lowest BCUT2D eigenvalue weighted by Gasteiger charge is -2.11. The smallest absolute Gasteiger partial charge is 0.0193 e. The average molecular weight is 159 g/mol. The first-order chi connectivity index (χ1) is 4.79. The first-order valence-corrected chi connectivity index (χ1v) is 5.08. The van der Waals surface area contributed by atoms with Crippen LogP contribution in [0.3, 0.4) is 0 Å². The number of rotatable bonds is 3. The third-order valence-corrected chi connectivity index (χ3v) is 3.18. The van der Waals surface area contributed by atoms with Crippen molar-refractivity contribution in [3.63, 3.8) is 0 Å². The predicted molar refractivity (Wildman–Crippen MR) is 48.1 cm³/mol. The highest BCUT2D eigenvalue weighted by Crippen LogP contribution is 2.27. The monoisotopic (exact) mass is 159 g/mol. The van der Waals surface area contributed by atoms with Crippen molar-refractivity contribution >= 4 is 11.9 Å². The third-order valence-electron chi connectivity index (χ3n) is 1.77. The Kier molecular flexibility index (Phi) is 3.57. The van der Waals surface area contributed by atoms with Gasteiger partial charge in [0.1, 0.15) is 0 Å². The zero-order valence-electron chi connectivity index (χ0n) is 6.89. The maximum absolute atomic E-state index is 3.40. The molecule has 0 aromatic carbocycles. The van der Waals surface area contributed by atoms with Gasteiger partial charge < -0.3 is 0 Å². The van der Waals surface area contributed by atoms with E-state index in [4.69, 9.17) is 0 Å². The molecule has 0 aromatic rings. The molecule has 2 heteroatoms. The van der Waals surface area contributed by atoms with E-state index in [0.29, 0.717) is 6.04 Å². The molecule has 1 N–H and O–H groups in total. The molecule has 0 heterocycles. The highest BCUT2D eigenvalue weighted by Gasteiger charge is 2.15. The van der Waals surface area contributed by atoms with Crippen molar-refractivity contribution in [3.8, 4) is 0 Å². The first-order valence-electron chi connectivity index (χ1n) is 4.20. The second-order valence-electron chi connectivity index (χ2n) is 3.30. The summed E-state index contributed by atoms with van der Waals surface area (Å²) in [5.41, 5.74) is 0. The fourth-order valence-electron chi connectivity index (χ4n) is 1.24. The molecule has 0 aromatic heterocycles. The summed E-state index contributed by atoms with van der Waals surface area (Å²) in [6, 6.07) is 0.630. The Balaban J connectivity index is 2.01. The van der Waals surface area contributed by atoms with Gasteiger partial charge in [0.05, 0.1) is 0 Å². The van der Waals surface area contributed by atoms with E-state index in [2.05, 4.69) is 18.6 Å². The van der Waals surface area contributed by atoms with Gasteiger partial charge in [-0.25, -0.2) is 0 Å². The van der Waals surface area contributed by atoms with Crippen molar-refractivity contribution in [1.29, 1.82) is 0 Å². The van der Waals surface area contributed by atoms with Crippen LogP contribution in [0, 0.1) is 0 Å². The maximum Gasteiger partial charge on any atom is 0.0193 e. The van der Waals surface area contributed by atoms with E-state index >= 15 is 0 Å². The Morgan fingerprint density at radius 1 is 1.30 bits per heavy atom. The molecule has 1 rings (SSSR count). The average Bonchev–Trinajstić information content (AvgIpc) is 2.34. The van der Waals surface area contributed by atoms with E-state index in [1.807, 2.05) is 11.9 Å². The van der Waals surface area contributed by atoms with Gasteiger partial charge in [0.15, 0.2) is 0 Å². The summed E-state index contributed by atoms with van der Waals surface area (Å²) < 4.78 is 3.40. The molecule has 0 bridgehead atoms. The van der Waals surface area contributed by atoms with Crippen molar-refractivity contribution < 1.29 is 0 Å². The van der Waals surface area contributed by atoms with Crippen LogP contribution in [0.1, 0.15) is 39.5 Å². The molecule has 1 saturated carbocycles. The molecular formula is C8H17NS. The summed E-state index contributed by atoms with van der Waals surface area (Å²) in [6.45, 7) is 4.39. The molecule has 0 aliphatic heterocycles. The van der Waals surface area contributed by atoms with E-state index in [-0.39, 0.29) is 0 Å². The van der Waals surface area contributed by atoms with Crippen molar-refractivity contribution in [2.24, 2.45) is 0 Å². The standard InChI is InChI=1S/C8H17NS/c1-7(2)9-10-8-5-3-4-6-8/h7-9H,3-6H2,1-2H3. The molecule has 1 fully saturated rings. The molecule has 0 atom stereocenters. The summed E-state index contributed by atoms with van der Waals surface area (Å²) in [7, 11) is 0. The van der Waals surface area contributed by atoms with Crippen LogP contribution in [0.25, 0.3) is 0 Å². The molecule has 0 unspecified atom stereocenters. The van der Waals surface area contributed by atoms with Crippen LogP contribution in [0.2, 0.25) is 0 Å². The largest absolute Gasteiger partial charge is 0.261 e. The van der Waals surface area contributed by atoms with E-state index in [9.17, 15) is 0 Å². The summed E-state index contributed by atoms with van der Waals surface area (Å²) >= 11 is 1.94. The Hall–Kier alpha value is 0.310. The Labute approximate surface area is 68.1 Å². The molecule has 1 aliphatic carbocycles. The van der Waals surface area contributed by atoms with Gasteiger partial charge in [-0.1, -0.05) is 24.8 Å². The second kappa shape index (κ2) is 4.24. The summed E-state index contributed by atoms with van der Waals surface area (Å²) in [5, 5.41) is 0.905. The zero-order valence-corrected chi connectivity index (χ0v) is 7.71. The predicted octanol–water partition coefficient (Wildman–Crippen LogP) is 2.58. The molecular weight excluding hydrogens is 142 g/mol. The van der Waals surface area contributed by atoms with E-state index in [0.717, 1.165) is 5.25 Å². The normalized spacial score (nSPS) is 20.7. The van der Waals surface area contributed by atoms with Gasteiger partial charge in [-0.15, -0.1) is 0 Å². The highest BCUT2D eigenvalue weighted by atomic mass is 32.2. The minimum atomic E-state index is 0.630. The summed E-state index contributed by atoms with van der Waals surface area (Å²) in [5.74, 6) is 0. The highest BCUT2D eigenvalue weighted by molar-refractivity contribution is 7.98. The molecule has 1 aliphatic rings. The Bertz CT molecular complexity index is 87.3. The van der Waals surface area contributed by atoms with Gasteiger partial charge in [0, 0.05) is 11.3 Å². The SMILES string of the molecule is CC(C)NSC1CCCC1. The number of hydrogen-bond donors (Lipinski definition) is 1. The minimum absolute atomic E-state index is 0.630. The Morgan fingerprint density at radius 2 is 1.90 bits per heavy atom. The van der Waals surface area contributed by atoms with Crippen molar-refractivity contribution in [3.05, 3.63) is 0 Å². The van der Waals surface area contributed by atoms with Gasteiger partial charge in [-0.2, -0.15) is 0 Å². The molecule has 0 radical (unpaired) electrons. The van der Waals surface area contributed by atoms with E-state index < -0.39 is 0 Å². The van der Waals surface area contributed by atoms with Gasteiger partial charge >= 0.3 is 0 Å². The van der Waals surface area contributed by atoms with E-state index in [1.54, 1.807) is 0 Å². The molecule has 0 saturated heterocycles. The van der Waals surface area contributed by atoms with Crippen LogP contribution in [-0.4, -0.2) is 11.3 Å². The minimum Gasteiger partial charge on any atom is -0.261 e. The summed E-state index contributed by atoms with van der Waals surface area (Å²) in [4.78, 5) is 0. The van der Waals surface area contributed by atoms with Gasteiger partial charge in [-0.3, -0.25) is 4.72 Å².